The first kappa shape index (κ1) is 10.4. The van der Waals surface area contributed by atoms with Gasteiger partial charge >= 0.3 is 0 Å². The van der Waals surface area contributed by atoms with Crippen molar-refractivity contribution in [2.75, 3.05) is 0 Å². The summed E-state index contributed by atoms with van der Waals surface area (Å²) in [5, 5.41) is 4.13. The van der Waals surface area contributed by atoms with Gasteiger partial charge in [0.05, 0.1) is 6.04 Å². The molecule has 1 unspecified atom stereocenters. The minimum atomic E-state index is 0.0219. The molecule has 2 rings (SSSR count). The molecule has 3 N–H and O–H groups in total. The molecule has 0 aliphatic rings. The van der Waals surface area contributed by atoms with E-state index in [2.05, 4.69) is 16.9 Å². The van der Waals surface area contributed by atoms with Gasteiger partial charge in [-0.1, -0.05) is 0 Å². The standard InChI is InChI=1S/C11H14N2OS/c1-7-5-10(8(2)14-7)11(13-12)9-3-4-15-6-9/h3-6,11,13H,12H2,1-2H3. The fraction of sp³-hybridized carbons (Fsp3) is 0.273. The Bertz CT molecular complexity index is 433. The van der Waals surface area contributed by atoms with E-state index in [9.17, 15) is 0 Å². The van der Waals surface area contributed by atoms with Crippen molar-refractivity contribution >= 4 is 11.3 Å². The van der Waals surface area contributed by atoms with Crippen LogP contribution < -0.4 is 11.3 Å². The molecule has 3 nitrogen and oxygen atoms in total. The van der Waals surface area contributed by atoms with Gasteiger partial charge in [0.2, 0.25) is 0 Å². The van der Waals surface area contributed by atoms with E-state index in [1.165, 1.54) is 5.56 Å². The van der Waals surface area contributed by atoms with Crippen molar-refractivity contribution in [1.29, 1.82) is 0 Å². The maximum atomic E-state index is 5.59. The topological polar surface area (TPSA) is 51.2 Å². The van der Waals surface area contributed by atoms with Crippen LogP contribution in [-0.4, -0.2) is 0 Å². The summed E-state index contributed by atoms with van der Waals surface area (Å²) in [6.45, 7) is 3.90. The van der Waals surface area contributed by atoms with E-state index in [1.54, 1.807) is 11.3 Å². The second-order valence-corrected chi connectivity index (χ2v) is 4.30. The minimum Gasteiger partial charge on any atom is -0.466 e. The van der Waals surface area contributed by atoms with Crippen molar-refractivity contribution in [1.82, 2.24) is 5.43 Å². The van der Waals surface area contributed by atoms with E-state index < -0.39 is 0 Å². The van der Waals surface area contributed by atoms with Crippen LogP contribution in [0.5, 0.6) is 0 Å². The number of thiophene rings is 1. The summed E-state index contributed by atoms with van der Waals surface area (Å²) in [4.78, 5) is 0. The molecule has 0 bridgehead atoms. The molecular weight excluding hydrogens is 208 g/mol. The van der Waals surface area contributed by atoms with E-state index >= 15 is 0 Å². The predicted molar refractivity (Wildman–Crippen MR) is 61.7 cm³/mol. The lowest BCUT2D eigenvalue weighted by molar-refractivity contribution is 0.495. The molecule has 0 radical (unpaired) electrons. The first-order chi connectivity index (χ1) is 7.22. The third-order valence-corrected chi connectivity index (χ3v) is 3.14. The molecule has 80 valence electrons. The summed E-state index contributed by atoms with van der Waals surface area (Å²) in [6.07, 6.45) is 0. The van der Waals surface area contributed by atoms with Crippen molar-refractivity contribution in [3.05, 3.63) is 45.5 Å². The highest BCUT2D eigenvalue weighted by Gasteiger charge is 2.17. The Labute approximate surface area is 92.9 Å². The first-order valence-corrected chi connectivity index (χ1v) is 5.72. The van der Waals surface area contributed by atoms with Crippen LogP contribution in [0.1, 0.15) is 28.7 Å². The lowest BCUT2D eigenvalue weighted by atomic mass is 10.0. The molecule has 2 heterocycles. The van der Waals surface area contributed by atoms with Crippen molar-refractivity contribution in [3.8, 4) is 0 Å². The van der Waals surface area contributed by atoms with Crippen molar-refractivity contribution in [2.24, 2.45) is 5.84 Å². The molecular formula is C11H14N2OS. The van der Waals surface area contributed by atoms with Gasteiger partial charge in [-0.05, 0) is 42.3 Å². The monoisotopic (exact) mass is 222 g/mol. The number of nitrogens with one attached hydrogen (secondary N) is 1. The zero-order chi connectivity index (χ0) is 10.8. The Kier molecular flexibility index (Phi) is 2.90. The minimum absolute atomic E-state index is 0.0219. The summed E-state index contributed by atoms with van der Waals surface area (Å²) in [5.74, 6) is 7.42. The maximum absolute atomic E-state index is 5.59. The van der Waals surface area contributed by atoms with Crippen molar-refractivity contribution in [3.63, 3.8) is 0 Å². The SMILES string of the molecule is Cc1cc(C(NN)c2ccsc2)c(C)o1. The molecule has 15 heavy (non-hydrogen) atoms. The summed E-state index contributed by atoms with van der Waals surface area (Å²) in [5.41, 5.74) is 5.10. The molecule has 0 fully saturated rings. The van der Waals surface area contributed by atoms with Gasteiger partial charge in [-0.2, -0.15) is 11.3 Å². The van der Waals surface area contributed by atoms with Gasteiger partial charge in [0.1, 0.15) is 11.5 Å². The number of furan rings is 1. The van der Waals surface area contributed by atoms with Gasteiger partial charge in [-0.15, -0.1) is 0 Å². The van der Waals surface area contributed by atoms with Crippen LogP contribution in [0.25, 0.3) is 0 Å². The van der Waals surface area contributed by atoms with Crippen LogP contribution in [0, 0.1) is 13.8 Å². The second kappa shape index (κ2) is 4.18. The summed E-state index contributed by atoms with van der Waals surface area (Å²) in [7, 11) is 0. The van der Waals surface area contributed by atoms with Gasteiger partial charge in [0.25, 0.3) is 0 Å². The van der Waals surface area contributed by atoms with E-state index in [4.69, 9.17) is 10.3 Å². The Morgan fingerprint density at radius 3 is 2.73 bits per heavy atom. The summed E-state index contributed by atoms with van der Waals surface area (Å²) < 4.78 is 5.50. The number of hydrogen-bond acceptors (Lipinski definition) is 4. The fourth-order valence-corrected chi connectivity index (χ4v) is 2.43. The number of nitrogens with two attached hydrogens (primary N) is 1. The molecule has 0 aromatic carbocycles. The van der Waals surface area contributed by atoms with E-state index in [0.717, 1.165) is 17.1 Å². The number of rotatable bonds is 3. The quantitative estimate of drug-likeness (QED) is 0.619. The van der Waals surface area contributed by atoms with E-state index in [-0.39, 0.29) is 6.04 Å². The Morgan fingerprint density at radius 1 is 1.47 bits per heavy atom. The zero-order valence-corrected chi connectivity index (χ0v) is 9.60. The molecule has 1 atom stereocenters. The maximum Gasteiger partial charge on any atom is 0.106 e. The van der Waals surface area contributed by atoms with Gasteiger partial charge in [-0.3, -0.25) is 5.84 Å². The average molecular weight is 222 g/mol. The lowest BCUT2D eigenvalue weighted by Crippen LogP contribution is -2.28. The van der Waals surface area contributed by atoms with Crippen LogP contribution >= 0.6 is 11.3 Å². The Hall–Kier alpha value is -1.10. The first-order valence-electron chi connectivity index (χ1n) is 4.77. The number of hydrogen-bond donors (Lipinski definition) is 2. The molecule has 0 saturated carbocycles. The van der Waals surface area contributed by atoms with Crippen LogP contribution in [-0.2, 0) is 0 Å². The normalized spacial score (nSPS) is 13.0. The average Bonchev–Trinajstić information content (AvgIpc) is 2.79. The van der Waals surface area contributed by atoms with Crippen molar-refractivity contribution < 1.29 is 4.42 Å². The Morgan fingerprint density at radius 2 is 2.27 bits per heavy atom. The molecule has 0 saturated heterocycles. The van der Waals surface area contributed by atoms with Crippen LogP contribution in [0.3, 0.4) is 0 Å². The van der Waals surface area contributed by atoms with Gasteiger partial charge in [0.15, 0.2) is 0 Å². The van der Waals surface area contributed by atoms with Gasteiger partial charge in [-0.25, -0.2) is 5.43 Å². The summed E-state index contributed by atoms with van der Waals surface area (Å²) >= 11 is 1.66. The molecule has 0 amide bonds. The highest BCUT2D eigenvalue weighted by Crippen LogP contribution is 2.27. The number of hydrazine groups is 1. The van der Waals surface area contributed by atoms with Gasteiger partial charge in [0, 0.05) is 5.56 Å². The van der Waals surface area contributed by atoms with Crippen LogP contribution in [0.15, 0.2) is 27.3 Å². The third kappa shape index (κ3) is 1.97. The molecule has 0 aliphatic heterocycles. The zero-order valence-electron chi connectivity index (χ0n) is 8.78. The largest absolute Gasteiger partial charge is 0.466 e. The highest BCUT2D eigenvalue weighted by molar-refractivity contribution is 7.08. The molecule has 2 aromatic rings. The summed E-state index contributed by atoms with van der Waals surface area (Å²) in [6, 6.07) is 4.11. The second-order valence-electron chi connectivity index (χ2n) is 3.52. The molecule has 0 spiro atoms. The predicted octanol–water partition coefficient (Wildman–Crippen LogP) is 2.51. The highest BCUT2D eigenvalue weighted by atomic mass is 32.1. The van der Waals surface area contributed by atoms with E-state index in [0.29, 0.717) is 0 Å². The fourth-order valence-electron chi connectivity index (χ4n) is 1.74. The number of aryl methyl sites for hydroxylation is 2. The smallest absolute Gasteiger partial charge is 0.106 e. The lowest BCUT2D eigenvalue weighted by Gasteiger charge is -2.13. The third-order valence-electron chi connectivity index (χ3n) is 2.43. The molecule has 0 aliphatic carbocycles. The Balaban J connectivity index is 2.39. The van der Waals surface area contributed by atoms with E-state index in [1.807, 2.05) is 25.3 Å². The molecule has 4 heteroatoms. The van der Waals surface area contributed by atoms with Crippen molar-refractivity contribution in [2.45, 2.75) is 19.9 Å². The van der Waals surface area contributed by atoms with Gasteiger partial charge < -0.3 is 4.42 Å². The molecule has 2 aromatic heterocycles. The van der Waals surface area contributed by atoms with Crippen LogP contribution in [0.2, 0.25) is 0 Å². The van der Waals surface area contributed by atoms with Crippen LogP contribution in [0.4, 0.5) is 0 Å².